The van der Waals surface area contributed by atoms with Crippen molar-refractivity contribution >= 4 is 41.5 Å². The number of nitrogens with one attached hydrogen (secondary N) is 2. The van der Waals surface area contributed by atoms with Gasteiger partial charge in [0.25, 0.3) is 0 Å². The van der Waals surface area contributed by atoms with Crippen LogP contribution in [0.25, 0.3) is 0 Å². The monoisotopic (exact) mass is 393 g/mol. The van der Waals surface area contributed by atoms with E-state index in [9.17, 15) is 14.4 Å². The summed E-state index contributed by atoms with van der Waals surface area (Å²) in [5.74, 6) is 0.562. The molecule has 2 N–H and O–H groups in total. The van der Waals surface area contributed by atoms with Gasteiger partial charge in [0.05, 0.1) is 5.69 Å². The van der Waals surface area contributed by atoms with Gasteiger partial charge >= 0.3 is 0 Å². The first-order valence-electron chi connectivity index (χ1n) is 9.42. The second-order valence-corrected chi connectivity index (χ2v) is 7.46. The first-order chi connectivity index (χ1) is 12.5. The van der Waals surface area contributed by atoms with Crippen molar-refractivity contribution in [3.63, 3.8) is 0 Å². The number of anilines is 2. The molecule has 2 fully saturated rings. The Kier molecular flexibility index (Phi) is 7.39. The van der Waals surface area contributed by atoms with E-state index in [4.69, 9.17) is 0 Å². The van der Waals surface area contributed by atoms with Crippen LogP contribution in [0.2, 0.25) is 0 Å². The number of imide groups is 1. The standard InChI is InChI=1S/C20H27N3O3.ClH/c1-13(15-4-3-9-21-12-15)11-18(24)22-16-5-6-17(14(2)10-16)23-19(25)7-8-20(23)26;/h5-6,10,13,15,21H,3-4,7-9,11-12H2,1-2H3,(H,22,24);1H. The molecule has 1 aromatic rings. The lowest BCUT2D eigenvalue weighted by Crippen LogP contribution is -2.34. The fourth-order valence-electron chi connectivity index (χ4n) is 3.86. The molecule has 6 nitrogen and oxygen atoms in total. The number of hydrogen-bond acceptors (Lipinski definition) is 4. The molecular weight excluding hydrogens is 366 g/mol. The third-order valence-corrected chi connectivity index (χ3v) is 5.42. The van der Waals surface area contributed by atoms with Crippen molar-refractivity contribution in [2.75, 3.05) is 23.3 Å². The summed E-state index contributed by atoms with van der Waals surface area (Å²) in [4.78, 5) is 37.4. The molecule has 27 heavy (non-hydrogen) atoms. The zero-order chi connectivity index (χ0) is 18.7. The second-order valence-electron chi connectivity index (χ2n) is 7.46. The minimum atomic E-state index is -0.162. The van der Waals surface area contributed by atoms with E-state index in [1.54, 1.807) is 12.1 Å². The van der Waals surface area contributed by atoms with Gasteiger partial charge in [-0.1, -0.05) is 6.92 Å². The van der Waals surface area contributed by atoms with Gasteiger partial charge in [0.15, 0.2) is 0 Å². The highest BCUT2D eigenvalue weighted by Gasteiger charge is 2.31. The summed E-state index contributed by atoms with van der Waals surface area (Å²) < 4.78 is 0. The lowest BCUT2D eigenvalue weighted by atomic mass is 9.85. The zero-order valence-electron chi connectivity index (χ0n) is 15.9. The van der Waals surface area contributed by atoms with Gasteiger partial charge in [-0.2, -0.15) is 0 Å². The summed E-state index contributed by atoms with van der Waals surface area (Å²) in [6, 6.07) is 5.31. The van der Waals surface area contributed by atoms with E-state index in [1.165, 1.54) is 17.7 Å². The molecule has 0 spiro atoms. The van der Waals surface area contributed by atoms with Crippen LogP contribution in [0.1, 0.15) is 44.6 Å². The molecule has 0 aliphatic carbocycles. The predicted molar refractivity (Wildman–Crippen MR) is 108 cm³/mol. The maximum atomic E-state index is 12.4. The molecule has 0 radical (unpaired) electrons. The molecule has 0 aromatic heterocycles. The molecule has 2 saturated heterocycles. The van der Waals surface area contributed by atoms with Gasteiger partial charge in [0, 0.05) is 24.9 Å². The molecule has 3 amide bonds. The summed E-state index contributed by atoms with van der Waals surface area (Å²) >= 11 is 0. The molecule has 3 rings (SSSR count). The minimum Gasteiger partial charge on any atom is -0.326 e. The number of carbonyl (C=O) groups is 3. The average molecular weight is 394 g/mol. The number of hydrogen-bond donors (Lipinski definition) is 2. The van der Waals surface area contributed by atoms with Crippen LogP contribution in [0.5, 0.6) is 0 Å². The Morgan fingerprint density at radius 1 is 1.30 bits per heavy atom. The molecule has 2 aliphatic rings. The summed E-state index contributed by atoms with van der Waals surface area (Å²) in [6.07, 6.45) is 3.38. The van der Waals surface area contributed by atoms with E-state index in [2.05, 4.69) is 17.6 Å². The highest BCUT2D eigenvalue weighted by molar-refractivity contribution is 6.20. The highest BCUT2D eigenvalue weighted by Crippen LogP contribution is 2.29. The van der Waals surface area contributed by atoms with E-state index < -0.39 is 0 Å². The maximum Gasteiger partial charge on any atom is 0.234 e. The van der Waals surface area contributed by atoms with E-state index in [-0.39, 0.29) is 43.0 Å². The quantitative estimate of drug-likeness (QED) is 0.753. The molecule has 2 unspecified atom stereocenters. The Morgan fingerprint density at radius 2 is 2.00 bits per heavy atom. The Hall–Kier alpha value is -1.92. The van der Waals surface area contributed by atoms with Crippen LogP contribution >= 0.6 is 12.4 Å². The van der Waals surface area contributed by atoms with Crippen LogP contribution in [0, 0.1) is 18.8 Å². The van der Waals surface area contributed by atoms with E-state index in [1.807, 2.05) is 13.0 Å². The van der Waals surface area contributed by atoms with E-state index >= 15 is 0 Å². The molecule has 0 bridgehead atoms. The number of piperidine rings is 1. The summed E-state index contributed by atoms with van der Waals surface area (Å²) in [5, 5.41) is 6.34. The molecule has 0 saturated carbocycles. The number of halogens is 1. The van der Waals surface area contributed by atoms with Crippen molar-refractivity contribution in [2.45, 2.75) is 46.0 Å². The molecule has 148 valence electrons. The third kappa shape index (κ3) is 5.08. The van der Waals surface area contributed by atoms with Crippen LogP contribution in [-0.4, -0.2) is 30.8 Å². The van der Waals surface area contributed by atoms with Gasteiger partial charge in [-0.15, -0.1) is 12.4 Å². The molecular formula is C20H28ClN3O3. The number of nitrogens with zero attached hydrogens (tertiary/aromatic N) is 1. The van der Waals surface area contributed by atoms with Crippen molar-refractivity contribution < 1.29 is 14.4 Å². The largest absolute Gasteiger partial charge is 0.326 e. The lowest BCUT2D eigenvalue weighted by molar-refractivity contribution is -0.121. The van der Waals surface area contributed by atoms with Gasteiger partial charge in [0.2, 0.25) is 17.7 Å². The first kappa shape index (κ1) is 21.4. The normalized spacial score (nSPS) is 21.0. The Morgan fingerprint density at radius 3 is 2.59 bits per heavy atom. The van der Waals surface area contributed by atoms with E-state index in [0.29, 0.717) is 29.6 Å². The van der Waals surface area contributed by atoms with Gasteiger partial charge in [-0.3, -0.25) is 19.3 Å². The van der Waals surface area contributed by atoms with Crippen LogP contribution in [0.15, 0.2) is 18.2 Å². The van der Waals surface area contributed by atoms with Crippen molar-refractivity contribution in [2.24, 2.45) is 11.8 Å². The number of benzene rings is 1. The fourth-order valence-corrected chi connectivity index (χ4v) is 3.86. The Labute approximate surface area is 166 Å². The molecule has 7 heteroatoms. The summed E-state index contributed by atoms with van der Waals surface area (Å²) in [6.45, 7) is 6.04. The van der Waals surface area contributed by atoms with Crippen LogP contribution in [0.3, 0.4) is 0 Å². The SMILES string of the molecule is Cc1cc(NC(=O)CC(C)C2CCCNC2)ccc1N1C(=O)CCC1=O.Cl. The fraction of sp³-hybridized carbons (Fsp3) is 0.550. The smallest absolute Gasteiger partial charge is 0.234 e. The highest BCUT2D eigenvalue weighted by atomic mass is 35.5. The minimum absolute atomic E-state index is 0. The van der Waals surface area contributed by atoms with Gasteiger partial charge in [0.1, 0.15) is 0 Å². The average Bonchev–Trinajstić information content (AvgIpc) is 2.94. The van der Waals surface area contributed by atoms with Crippen molar-refractivity contribution in [3.8, 4) is 0 Å². The molecule has 2 atom stereocenters. The van der Waals surface area contributed by atoms with Gasteiger partial charge in [-0.05, 0) is 68.5 Å². The Balaban J connectivity index is 0.00000261. The molecule has 2 aliphatic heterocycles. The summed E-state index contributed by atoms with van der Waals surface area (Å²) in [7, 11) is 0. The van der Waals surface area contributed by atoms with Crippen molar-refractivity contribution in [1.29, 1.82) is 0 Å². The zero-order valence-corrected chi connectivity index (χ0v) is 16.7. The van der Waals surface area contributed by atoms with Crippen molar-refractivity contribution in [1.82, 2.24) is 5.32 Å². The predicted octanol–water partition coefficient (Wildman–Crippen LogP) is 3.03. The van der Waals surface area contributed by atoms with Crippen LogP contribution in [-0.2, 0) is 14.4 Å². The van der Waals surface area contributed by atoms with Crippen molar-refractivity contribution in [3.05, 3.63) is 23.8 Å². The lowest BCUT2D eigenvalue weighted by Gasteiger charge is -2.28. The number of aryl methyl sites for hydroxylation is 1. The van der Waals surface area contributed by atoms with Crippen LogP contribution < -0.4 is 15.5 Å². The van der Waals surface area contributed by atoms with Gasteiger partial charge < -0.3 is 10.6 Å². The second kappa shape index (κ2) is 9.33. The number of carbonyl (C=O) groups excluding carboxylic acids is 3. The topological polar surface area (TPSA) is 78.5 Å². The molecule has 1 aromatic carbocycles. The summed E-state index contributed by atoms with van der Waals surface area (Å²) in [5.41, 5.74) is 2.11. The van der Waals surface area contributed by atoms with Crippen LogP contribution in [0.4, 0.5) is 11.4 Å². The number of amides is 3. The number of rotatable bonds is 5. The first-order valence-corrected chi connectivity index (χ1v) is 9.42. The third-order valence-electron chi connectivity index (χ3n) is 5.42. The molecule has 2 heterocycles. The van der Waals surface area contributed by atoms with Gasteiger partial charge in [-0.25, -0.2) is 0 Å². The maximum absolute atomic E-state index is 12.4. The van der Waals surface area contributed by atoms with E-state index in [0.717, 1.165) is 18.7 Å². The Bertz CT molecular complexity index is 700.